The van der Waals surface area contributed by atoms with Crippen molar-refractivity contribution in [3.8, 4) is 0 Å². The van der Waals surface area contributed by atoms with Gasteiger partial charge in [-0.3, -0.25) is 9.69 Å². The normalized spacial score (nSPS) is 72.3. The largest absolute Gasteiger partial charge is 0.381 e. The zero-order valence-corrected chi connectivity index (χ0v) is 14.3. The van der Waals surface area contributed by atoms with E-state index < -0.39 is 0 Å². The van der Waals surface area contributed by atoms with Crippen LogP contribution in [0.3, 0.4) is 0 Å². The van der Waals surface area contributed by atoms with Crippen molar-refractivity contribution in [1.29, 1.82) is 0 Å². The molecule has 0 aromatic heterocycles. The topological polar surface area (TPSA) is 29.5 Å². The Hall–Kier alpha value is -0.410. The van der Waals surface area contributed by atoms with Gasteiger partial charge in [0.25, 0.3) is 0 Å². The SMILES string of the molecule is COC1CCC2(C)CN3[C@@H]4C[C@]56CC(=O)C7CC5C1(C42)[C@H]3[C@H]6C7. The number of rotatable bonds is 1. The molecule has 9 rings (SSSR count). The van der Waals surface area contributed by atoms with Crippen molar-refractivity contribution in [2.45, 2.75) is 63.6 Å². The van der Waals surface area contributed by atoms with Gasteiger partial charge in [0.05, 0.1) is 6.10 Å². The van der Waals surface area contributed by atoms with Crippen molar-refractivity contribution in [3.05, 3.63) is 0 Å². The van der Waals surface area contributed by atoms with Crippen LogP contribution in [0, 0.1) is 39.9 Å². The fourth-order valence-electron chi connectivity index (χ4n) is 10.4. The van der Waals surface area contributed by atoms with Gasteiger partial charge in [0.1, 0.15) is 5.78 Å². The Morgan fingerprint density at radius 1 is 1.30 bits per heavy atom. The number of methoxy groups -OCH3 is 1. The van der Waals surface area contributed by atoms with E-state index in [9.17, 15) is 4.79 Å². The second kappa shape index (κ2) is 3.31. The first-order valence-electron chi connectivity index (χ1n) is 9.87. The summed E-state index contributed by atoms with van der Waals surface area (Å²) in [6, 6.07) is 1.53. The third-order valence-electron chi connectivity index (χ3n) is 10.4. The molecule has 9 aliphatic rings. The molecule has 3 heterocycles. The maximum absolute atomic E-state index is 12.6. The molecule has 7 unspecified atom stereocenters. The summed E-state index contributed by atoms with van der Waals surface area (Å²) in [5.41, 5.74) is 1.31. The van der Waals surface area contributed by atoms with Gasteiger partial charge in [-0.15, -0.1) is 0 Å². The van der Waals surface area contributed by atoms with Crippen molar-refractivity contribution in [2.75, 3.05) is 13.7 Å². The number of piperidine rings is 2. The Kier molecular flexibility index (Phi) is 1.85. The molecule has 3 nitrogen and oxygen atoms in total. The van der Waals surface area contributed by atoms with Crippen molar-refractivity contribution in [3.63, 3.8) is 0 Å². The highest BCUT2D eigenvalue weighted by Gasteiger charge is 2.88. The van der Waals surface area contributed by atoms with E-state index in [1.807, 2.05) is 7.11 Å². The zero-order valence-electron chi connectivity index (χ0n) is 14.3. The van der Waals surface area contributed by atoms with E-state index in [-0.39, 0.29) is 0 Å². The quantitative estimate of drug-likeness (QED) is 0.745. The number of ketones is 1. The maximum Gasteiger partial charge on any atom is 0.136 e. The van der Waals surface area contributed by atoms with Crippen LogP contribution in [0.2, 0.25) is 0 Å². The number of Topliss-reactive ketones (excluding diaryl/α,β-unsaturated/α-hetero) is 1. The molecule has 6 saturated carbocycles. The number of hydrogen-bond donors (Lipinski definition) is 0. The van der Waals surface area contributed by atoms with E-state index in [1.165, 1.54) is 38.6 Å². The van der Waals surface area contributed by atoms with Gasteiger partial charge >= 0.3 is 0 Å². The summed E-state index contributed by atoms with van der Waals surface area (Å²) < 4.78 is 6.22. The standard InChI is InChI=1S/C20H27NO2/c1-18-4-3-15(23-2)20-14-6-10-5-11-17(20)21(9-18)12(16(18)20)7-19(11,14)8-13(10)22/h10-12,14-17H,3-9H2,1-2H3/t10?,11-,12-,14?,15?,16?,17-,18?,19-,20?/m1/s1. The van der Waals surface area contributed by atoms with Crippen LogP contribution >= 0.6 is 0 Å². The van der Waals surface area contributed by atoms with E-state index in [2.05, 4.69) is 11.8 Å². The van der Waals surface area contributed by atoms with Crippen LogP contribution in [-0.4, -0.2) is 42.5 Å². The minimum atomic E-state index is 0.382. The van der Waals surface area contributed by atoms with Crippen LogP contribution in [0.5, 0.6) is 0 Å². The first-order chi connectivity index (χ1) is 11.1. The molecular weight excluding hydrogens is 286 g/mol. The molecule has 0 N–H and O–H groups in total. The summed E-state index contributed by atoms with van der Waals surface area (Å²) in [7, 11) is 1.97. The molecule has 9 fully saturated rings. The van der Waals surface area contributed by atoms with Crippen LogP contribution < -0.4 is 0 Å². The molecular formula is C20H27NO2. The predicted octanol–water partition coefficient (Wildman–Crippen LogP) is 2.49. The summed E-state index contributed by atoms with van der Waals surface area (Å²) in [6.07, 6.45) is 7.76. The van der Waals surface area contributed by atoms with Crippen LogP contribution in [0.1, 0.15) is 45.4 Å². The van der Waals surface area contributed by atoms with Crippen molar-refractivity contribution in [2.24, 2.45) is 39.9 Å². The zero-order chi connectivity index (χ0) is 15.4. The number of nitrogens with zero attached hydrogens (tertiary/aromatic N) is 1. The minimum absolute atomic E-state index is 0.382. The molecule has 2 spiro atoms. The molecule has 0 aromatic carbocycles. The molecule has 0 amide bonds. The van der Waals surface area contributed by atoms with Crippen LogP contribution in [0.25, 0.3) is 0 Å². The summed E-state index contributed by atoms with van der Waals surface area (Å²) >= 11 is 0. The third kappa shape index (κ3) is 0.966. The van der Waals surface area contributed by atoms with Gasteiger partial charge in [-0.1, -0.05) is 6.92 Å². The molecule has 0 aromatic rings. The molecule has 3 saturated heterocycles. The highest BCUT2D eigenvalue weighted by atomic mass is 16.5. The molecule has 3 heteroatoms. The number of carbonyl (C=O) groups is 1. The Labute approximate surface area is 138 Å². The van der Waals surface area contributed by atoms with Gasteiger partial charge in [-0.25, -0.2) is 0 Å². The molecule has 0 radical (unpaired) electrons. The van der Waals surface area contributed by atoms with Crippen LogP contribution in [0.15, 0.2) is 0 Å². The van der Waals surface area contributed by atoms with Crippen molar-refractivity contribution in [1.82, 2.24) is 4.90 Å². The second-order valence-electron chi connectivity index (χ2n) is 10.5. The monoisotopic (exact) mass is 313 g/mol. The lowest BCUT2D eigenvalue weighted by atomic mass is 9.41. The van der Waals surface area contributed by atoms with Crippen molar-refractivity contribution >= 4 is 5.78 Å². The Morgan fingerprint density at radius 3 is 3.00 bits per heavy atom. The fourth-order valence-corrected chi connectivity index (χ4v) is 10.4. The summed E-state index contributed by atoms with van der Waals surface area (Å²) in [6.45, 7) is 3.92. The predicted molar refractivity (Wildman–Crippen MR) is 84.7 cm³/mol. The van der Waals surface area contributed by atoms with Gasteiger partial charge < -0.3 is 4.74 Å². The lowest BCUT2D eigenvalue weighted by Gasteiger charge is -2.63. The summed E-state index contributed by atoms with van der Waals surface area (Å²) in [4.78, 5) is 15.6. The van der Waals surface area contributed by atoms with Gasteiger partial charge in [-0.05, 0) is 60.7 Å². The van der Waals surface area contributed by atoms with E-state index >= 15 is 0 Å². The van der Waals surface area contributed by atoms with E-state index in [1.54, 1.807) is 0 Å². The minimum Gasteiger partial charge on any atom is -0.381 e. The molecule has 23 heavy (non-hydrogen) atoms. The maximum atomic E-state index is 12.6. The molecule has 124 valence electrons. The summed E-state index contributed by atoms with van der Waals surface area (Å²) in [5.74, 6) is 3.47. The number of carbonyl (C=O) groups excluding carboxylic acids is 1. The fraction of sp³-hybridized carbons (Fsp3) is 0.950. The lowest BCUT2D eigenvalue weighted by molar-refractivity contribution is -0.187. The van der Waals surface area contributed by atoms with Crippen LogP contribution in [0.4, 0.5) is 0 Å². The van der Waals surface area contributed by atoms with E-state index in [4.69, 9.17) is 4.74 Å². The smallest absolute Gasteiger partial charge is 0.136 e. The highest BCUT2D eigenvalue weighted by Crippen LogP contribution is 2.86. The first-order valence-corrected chi connectivity index (χ1v) is 9.87. The summed E-state index contributed by atoms with van der Waals surface area (Å²) in [5, 5.41) is 0. The molecule has 6 aliphatic carbocycles. The molecule has 11 atom stereocenters. The number of hydrogen-bond acceptors (Lipinski definition) is 3. The average molecular weight is 313 g/mol. The molecule has 3 aliphatic heterocycles. The number of ether oxygens (including phenoxy) is 1. The average Bonchev–Trinajstić information content (AvgIpc) is 2.93. The van der Waals surface area contributed by atoms with Crippen LogP contribution in [-0.2, 0) is 9.53 Å². The lowest BCUT2D eigenvalue weighted by Crippen LogP contribution is -2.64. The van der Waals surface area contributed by atoms with Gasteiger partial charge in [0, 0.05) is 43.5 Å². The van der Waals surface area contributed by atoms with Gasteiger partial charge in [-0.2, -0.15) is 0 Å². The van der Waals surface area contributed by atoms with Crippen molar-refractivity contribution < 1.29 is 9.53 Å². The Bertz CT molecular complexity index is 662. The Morgan fingerprint density at radius 2 is 2.17 bits per heavy atom. The second-order valence-corrected chi connectivity index (χ2v) is 10.5. The third-order valence-corrected chi connectivity index (χ3v) is 10.4. The first kappa shape index (κ1) is 12.9. The van der Waals surface area contributed by atoms with E-state index in [0.717, 1.165) is 36.3 Å². The van der Waals surface area contributed by atoms with E-state index in [0.29, 0.717) is 34.1 Å². The highest BCUT2D eigenvalue weighted by molar-refractivity contribution is 5.84. The number of fused-ring (bicyclic) bond motifs is 1. The Balaban J connectivity index is 1.52. The molecule has 9 bridgehead atoms. The van der Waals surface area contributed by atoms with Gasteiger partial charge in [0.2, 0.25) is 0 Å². The van der Waals surface area contributed by atoms with Gasteiger partial charge in [0.15, 0.2) is 0 Å².